The molecule has 1 rings (SSSR count). The van der Waals surface area contributed by atoms with Gasteiger partial charge in [0, 0.05) is 6.04 Å². The van der Waals surface area contributed by atoms with Gasteiger partial charge in [0.25, 0.3) is 0 Å². The fourth-order valence-corrected chi connectivity index (χ4v) is 1.32. The topological polar surface area (TPSA) is 52.3 Å². The monoisotopic (exact) mass is 355 g/mol. The Kier molecular flexibility index (Phi) is 31.3. The van der Waals surface area contributed by atoms with E-state index in [0.717, 1.165) is 17.9 Å². The molecule has 3 nitrogen and oxygen atoms in total. The van der Waals surface area contributed by atoms with Crippen LogP contribution in [0.4, 0.5) is 0 Å². The van der Waals surface area contributed by atoms with Crippen molar-refractivity contribution in [1.82, 2.24) is 0 Å². The first kappa shape index (κ1) is 31.4. The van der Waals surface area contributed by atoms with E-state index in [0.29, 0.717) is 12.2 Å². The number of hydrogen-bond donors (Lipinski definition) is 1. The minimum atomic E-state index is -0.283. The van der Waals surface area contributed by atoms with Gasteiger partial charge in [0.15, 0.2) is 0 Å². The Morgan fingerprint density at radius 2 is 1.28 bits per heavy atom. The summed E-state index contributed by atoms with van der Waals surface area (Å²) in [7, 11) is 0. The van der Waals surface area contributed by atoms with Crippen molar-refractivity contribution in [3.63, 3.8) is 0 Å². The first-order valence-electron chi connectivity index (χ1n) is 9.94. The van der Waals surface area contributed by atoms with Crippen LogP contribution in [0.5, 0.6) is 0 Å². The van der Waals surface area contributed by atoms with Gasteiger partial charge in [0.2, 0.25) is 0 Å². The standard InChI is InChI=1S/C12H17NO2.C4H10.3C2H6/c1-3-11(13)9-5-7-10(8-6-9)12(14)15-4-2;1-4(2)3;3*1-2/h5-8,11H,3-4,13H2,1-2H3;4H,1-3H3;3*1-2H3. The molecule has 0 spiro atoms. The number of carbonyl (C=O) groups is 1. The lowest BCUT2D eigenvalue weighted by atomic mass is 10.0. The summed E-state index contributed by atoms with van der Waals surface area (Å²) in [5, 5.41) is 0. The van der Waals surface area contributed by atoms with Gasteiger partial charge in [-0.2, -0.15) is 0 Å². The molecule has 0 saturated heterocycles. The summed E-state index contributed by atoms with van der Waals surface area (Å²) < 4.78 is 4.88. The number of rotatable bonds is 4. The number of ether oxygens (including phenoxy) is 1. The molecule has 2 N–H and O–H groups in total. The van der Waals surface area contributed by atoms with Crippen molar-refractivity contribution < 1.29 is 9.53 Å². The van der Waals surface area contributed by atoms with Crippen LogP contribution in [0.1, 0.15) is 105 Å². The van der Waals surface area contributed by atoms with Gasteiger partial charge < -0.3 is 10.5 Å². The van der Waals surface area contributed by atoms with Crippen LogP contribution in [-0.4, -0.2) is 12.6 Å². The highest BCUT2D eigenvalue weighted by Crippen LogP contribution is 2.14. The van der Waals surface area contributed by atoms with Crippen molar-refractivity contribution in [2.45, 2.75) is 88.6 Å². The summed E-state index contributed by atoms with van der Waals surface area (Å²) in [4.78, 5) is 11.3. The average Bonchev–Trinajstić information content (AvgIpc) is 2.66. The Balaban J connectivity index is -0.000000186. The van der Waals surface area contributed by atoms with E-state index in [2.05, 4.69) is 20.8 Å². The van der Waals surface area contributed by atoms with Gasteiger partial charge in [0.05, 0.1) is 12.2 Å². The molecule has 1 aromatic carbocycles. The van der Waals surface area contributed by atoms with Crippen molar-refractivity contribution in [3.05, 3.63) is 35.4 Å². The summed E-state index contributed by atoms with van der Waals surface area (Å²) in [6.45, 7) is 22.7. The Morgan fingerprint density at radius 1 is 0.920 bits per heavy atom. The van der Waals surface area contributed by atoms with E-state index < -0.39 is 0 Å². The van der Waals surface area contributed by atoms with Gasteiger partial charge >= 0.3 is 5.97 Å². The molecule has 3 heteroatoms. The van der Waals surface area contributed by atoms with Crippen LogP contribution < -0.4 is 5.73 Å². The second-order valence-electron chi connectivity index (χ2n) is 5.09. The first-order chi connectivity index (χ1) is 11.9. The van der Waals surface area contributed by atoms with Crippen LogP contribution in [-0.2, 0) is 4.74 Å². The van der Waals surface area contributed by atoms with Gasteiger partial charge in [-0.05, 0) is 37.0 Å². The second kappa shape index (κ2) is 24.9. The highest BCUT2D eigenvalue weighted by atomic mass is 16.5. The normalized spacial score (nSPS) is 9.48. The fourth-order valence-electron chi connectivity index (χ4n) is 1.32. The predicted octanol–water partition coefficient (Wildman–Crippen LogP) is 7.01. The van der Waals surface area contributed by atoms with E-state index >= 15 is 0 Å². The zero-order valence-corrected chi connectivity index (χ0v) is 18.8. The Hall–Kier alpha value is -1.35. The van der Waals surface area contributed by atoms with E-state index in [1.165, 1.54) is 0 Å². The van der Waals surface area contributed by atoms with Crippen molar-refractivity contribution in [1.29, 1.82) is 0 Å². The van der Waals surface area contributed by atoms with Crippen molar-refractivity contribution >= 4 is 5.97 Å². The number of benzene rings is 1. The predicted molar refractivity (Wildman–Crippen MR) is 114 cm³/mol. The van der Waals surface area contributed by atoms with E-state index in [1.807, 2.05) is 60.6 Å². The molecule has 0 aromatic heterocycles. The molecule has 0 aliphatic rings. The maximum atomic E-state index is 11.3. The molecule has 0 aliphatic heterocycles. The van der Waals surface area contributed by atoms with Crippen LogP contribution in [0.25, 0.3) is 0 Å². The average molecular weight is 356 g/mol. The Morgan fingerprint density at radius 3 is 1.56 bits per heavy atom. The molecular weight excluding hydrogens is 310 g/mol. The van der Waals surface area contributed by atoms with E-state index in [9.17, 15) is 4.79 Å². The second-order valence-corrected chi connectivity index (χ2v) is 5.09. The maximum absolute atomic E-state index is 11.3. The molecular formula is C22H45NO2. The van der Waals surface area contributed by atoms with Gasteiger partial charge in [-0.1, -0.05) is 81.4 Å². The van der Waals surface area contributed by atoms with E-state index in [4.69, 9.17) is 10.5 Å². The SMILES string of the molecule is CC.CC.CC.CC(C)C.CCOC(=O)c1ccc(C(N)CC)cc1. The number of esters is 1. The largest absolute Gasteiger partial charge is 0.462 e. The molecule has 0 aliphatic carbocycles. The van der Waals surface area contributed by atoms with Gasteiger partial charge in [-0.25, -0.2) is 4.79 Å². The Bertz CT molecular complexity index is 356. The molecule has 25 heavy (non-hydrogen) atoms. The lowest BCUT2D eigenvalue weighted by molar-refractivity contribution is 0.0526. The van der Waals surface area contributed by atoms with Crippen LogP contribution >= 0.6 is 0 Å². The summed E-state index contributed by atoms with van der Waals surface area (Å²) in [5.41, 5.74) is 7.48. The van der Waals surface area contributed by atoms with Gasteiger partial charge in [0.1, 0.15) is 0 Å². The Labute approximate surface area is 158 Å². The molecule has 1 aromatic rings. The summed E-state index contributed by atoms with van der Waals surface area (Å²) in [6.07, 6.45) is 0.888. The van der Waals surface area contributed by atoms with Crippen molar-refractivity contribution in [2.75, 3.05) is 6.61 Å². The molecule has 0 fully saturated rings. The van der Waals surface area contributed by atoms with E-state index in [-0.39, 0.29) is 12.0 Å². The molecule has 1 unspecified atom stereocenters. The van der Waals surface area contributed by atoms with Crippen LogP contribution in [0.15, 0.2) is 24.3 Å². The van der Waals surface area contributed by atoms with Crippen LogP contribution in [0.3, 0.4) is 0 Å². The third kappa shape index (κ3) is 20.6. The maximum Gasteiger partial charge on any atom is 0.338 e. The summed E-state index contributed by atoms with van der Waals surface area (Å²) >= 11 is 0. The number of nitrogens with two attached hydrogens (primary N) is 1. The molecule has 0 radical (unpaired) electrons. The highest BCUT2D eigenvalue weighted by Gasteiger charge is 2.07. The first-order valence-corrected chi connectivity index (χ1v) is 9.94. The third-order valence-corrected chi connectivity index (χ3v) is 2.29. The molecule has 0 saturated carbocycles. The third-order valence-electron chi connectivity index (χ3n) is 2.29. The fraction of sp³-hybridized carbons (Fsp3) is 0.682. The van der Waals surface area contributed by atoms with E-state index in [1.54, 1.807) is 19.1 Å². The van der Waals surface area contributed by atoms with Crippen LogP contribution in [0, 0.1) is 5.92 Å². The summed E-state index contributed by atoms with van der Waals surface area (Å²) in [5.74, 6) is 0.550. The lowest BCUT2D eigenvalue weighted by Crippen LogP contribution is -2.09. The van der Waals surface area contributed by atoms with Crippen molar-refractivity contribution in [3.8, 4) is 0 Å². The van der Waals surface area contributed by atoms with Crippen LogP contribution in [0.2, 0.25) is 0 Å². The molecule has 0 bridgehead atoms. The smallest absolute Gasteiger partial charge is 0.338 e. The van der Waals surface area contributed by atoms with Gasteiger partial charge in [-0.15, -0.1) is 0 Å². The zero-order valence-electron chi connectivity index (χ0n) is 18.8. The summed E-state index contributed by atoms with van der Waals surface area (Å²) in [6, 6.07) is 7.30. The molecule has 0 amide bonds. The van der Waals surface area contributed by atoms with Crippen molar-refractivity contribution in [2.24, 2.45) is 11.7 Å². The quantitative estimate of drug-likeness (QED) is 0.591. The number of carbonyl (C=O) groups excluding carboxylic acids is 1. The minimum Gasteiger partial charge on any atom is -0.462 e. The number of hydrogen-bond acceptors (Lipinski definition) is 3. The molecule has 150 valence electrons. The zero-order chi connectivity index (χ0) is 20.8. The molecule has 0 heterocycles. The lowest BCUT2D eigenvalue weighted by Gasteiger charge is -2.09. The van der Waals surface area contributed by atoms with Gasteiger partial charge in [-0.3, -0.25) is 0 Å². The highest BCUT2D eigenvalue weighted by molar-refractivity contribution is 5.89. The minimum absolute atomic E-state index is 0.0428. The molecule has 1 atom stereocenters.